The fourth-order valence-electron chi connectivity index (χ4n) is 2.53. The molecular formula is C13H14ClNO2. The van der Waals surface area contributed by atoms with Crippen LogP contribution in [0.15, 0.2) is 23.2 Å². The summed E-state index contributed by atoms with van der Waals surface area (Å²) in [6, 6.07) is 5.43. The molecule has 0 atom stereocenters. The first kappa shape index (κ1) is 12.2. The third-order valence-corrected chi connectivity index (χ3v) is 3.59. The normalized spacial score (nSPS) is 17.5. The van der Waals surface area contributed by atoms with Crippen molar-refractivity contribution in [3.05, 3.63) is 28.8 Å². The first-order valence-corrected chi connectivity index (χ1v) is 6.03. The van der Waals surface area contributed by atoms with Gasteiger partial charge in [0.25, 0.3) is 0 Å². The first-order valence-electron chi connectivity index (χ1n) is 5.65. The summed E-state index contributed by atoms with van der Waals surface area (Å²) < 4.78 is 5.34. The largest absolute Gasteiger partial charge is 0.496 e. The number of halogens is 1. The molecule has 1 aromatic carbocycles. The third kappa shape index (κ3) is 2.21. The Morgan fingerprint density at radius 1 is 1.41 bits per heavy atom. The highest BCUT2D eigenvalue weighted by atomic mass is 35.5. The van der Waals surface area contributed by atoms with Gasteiger partial charge in [0, 0.05) is 10.6 Å². The zero-order valence-corrected chi connectivity index (χ0v) is 10.5. The molecule has 1 aliphatic rings. The van der Waals surface area contributed by atoms with Crippen molar-refractivity contribution >= 4 is 17.7 Å². The van der Waals surface area contributed by atoms with Crippen LogP contribution in [0.4, 0.5) is 0 Å². The van der Waals surface area contributed by atoms with Crippen molar-refractivity contribution in [3.8, 4) is 5.75 Å². The van der Waals surface area contributed by atoms with E-state index in [1.165, 1.54) is 0 Å². The van der Waals surface area contributed by atoms with E-state index in [-0.39, 0.29) is 0 Å². The predicted molar refractivity (Wildman–Crippen MR) is 66.3 cm³/mol. The molecule has 0 amide bonds. The number of hydrogen-bond donors (Lipinski definition) is 0. The van der Waals surface area contributed by atoms with Gasteiger partial charge in [0.05, 0.1) is 7.11 Å². The van der Waals surface area contributed by atoms with E-state index in [1.54, 1.807) is 19.3 Å². The van der Waals surface area contributed by atoms with E-state index in [2.05, 4.69) is 4.99 Å². The Morgan fingerprint density at radius 3 is 2.71 bits per heavy atom. The van der Waals surface area contributed by atoms with Crippen LogP contribution in [0.25, 0.3) is 0 Å². The highest BCUT2D eigenvalue weighted by molar-refractivity contribution is 6.30. The van der Waals surface area contributed by atoms with E-state index < -0.39 is 5.54 Å². The summed E-state index contributed by atoms with van der Waals surface area (Å²) in [6.07, 6.45) is 5.50. The Bertz CT molecular complexity index is 460. The van der Waals surface area contributed by atoms with Gasteiger partial charge in [-0.15, -0.1) is 0 Å². The maximum absolute atomic E-state index is 10.7. The maximum atomic E-state index is 10.7. The van der Waals surface area contributed by atoms with Crippen molar-refractivity contribution in [3.63, 3.8) is 0 Å². The quantitative estimate of drug-likeness (QED) is 0.610. The fraction of sp³-hybridized carbons (Fsp3) is 0.462. The molecule has 0 spiro atoms. The van der Waals surface area contributed by atoms with Crippen LogP contribution >= 0.6 is 11.6 Å². The molecule has 0 saturated heterocycles. The highest BCUT2D eigenvalue weighted by Gasteiger charge is 2.38. The van der Waals surface area contributed by atoms with Gasteiger partial charge in [-0.1, -0.05) is 24.4 Å². The van der Waals surface area contributed by atoms with Crippen LogP contribution in [0.5, 0.6) is 5.75 Å². The van der Waals surface area contributed by atoms with Gasteiger partial charge in [-0.2, -0.15) is 4.99 Å². The van der Waals surface area contributed by atoms with E-state index in [0.29, 0.717) is 5.02 Å². The Balaban J connectivity index is 2.56. The molecule has 0 heterocycles. The van der Waals surface area contributed by atoms with Gasteiger partial charge in [0.2, 0.25) is 6.08 Å². The van der Waals surface area contributed by atoms with Crippen LogP contribution in [-0.2, 0) is 10.3 Å². The lowest BCUT2D eigenvalue weighted by molar-refractivity contribution is 0.379. The zero-order valence-electron chi connectivity index (χ0n) is 9.70. The summed E-state index contributed by atoms with van der Waals surface area (Å²) in [5.41, 5.74) is 0.409. The minimum Gasteiger partial charge on any atom is -0.496 e. The van der Waals surface area contributed by atoms with E-state index in [9.17, 15) is 4.79 Å². The van der Waals surface area contributed by atoms with E-state index in [4.69, 9.17) is 16.3 Å². The standard InChI is InChI=1S/C13H14ClNO2/c1-17-12-5-4-10(14)8-11(12)13(15-9-16)6-2-3-7-13/h4-5,8H,2-3,6-7H2,1H3. The van der Waals surface area contributed by atoms with Crippen LogP contribution in [0.3, 0.4) is 0 Å². The van der Waals surface area contributed by atoms with Gasteiger partial charge < -0.3 is 4.74 Å². The summed E-state index contributed by atoms with van der Waals surface area (Å²) in [7, 11) is 1.61. The van der Waals surface area contributed by atoms with Crippen molar-refractivity contribution in [1.82, 2.24) is 0 Å². The summed E-state index contributed by atoms with van der Waals surface area (Å²) in [5.74, 6) is 0.732. The number of ether oxygens (including phenoxy) is 1. The topological polar surface area (TPSA) is 38.7 Å². The molecule has 90 valence electrons. The molecule has 0 aliphatic heterocycles. The number of rotatable bonds is 3. The molecule has 17 heavy (non-hydrogen) atoms. The van der Waals surface area contributed by atoms with Crippen molar-refractivity contribution in [2.75, 3.05) is 7.11 Å². The molecular weight excluding hydrogens is 238 g/mol. The summed E-state index contributed by atoms with van der Waals surface area (Å²) >= 11 is 6.02. The Morgan fingerprint density at radius 2 is 2.12 bits per heavy atom. The number of methoxy groups -OCH3 is 1. The smallest absolute Gasteiger partial charge is 0.235 e. The van der Waals surface area contributed by atoms with Gasteiger partial charge in [-0.05, 0) is 31.0 Å². The number of aliphatic imine (C=N–C) groups is 1. The van der Waals surface area contributed by atoms with Gasteiger partial charge in [0.1, 0.15) is 11.3 Å². The fourth-order valence-corrected chi connectivity index (χ4v) is 2.70. The number of nitrogens with zero attached hydrogens (tertiary/aromatic N) is 1. The van der Waals surface area contributed by atoms with E-state index in [1.807, 2.05) is 12.1 Å². The van der Waals surface area contributed by atoms with Crippen LogP contribution in [-0.4, -0.2) is 13.2 Å². The average molecular weight is 252 g/mol. The summed E-state index contributed by atoms with van der Waals surface area (Å²) in [5, 5.41) is 0.633. The average Bonchev–Trinajstić information content (AvgIpc) is 2.79. The Kier molecular flexibility index (Phi) is 3.51. The SMILES string of the molecule is COc1ccc(Cl)cc1C1(N=C=O)CCCC1. The van der Waals surface area contributed by atoms with Gasteiger partial charge in [-0.3, -0.25) is 0 Å². The lowest BCUT2D eigenvalue weighted by Crippen LogP contribution is -2.19. The second-order valence-corrected chi connectivity index (χ2v) is 4.72. The molecule has 0 N–H and O–H groups in total. The van der Waals surface area contributed by atoms with Gasteiger partial charge >= 0.3 is 0 Å². The van der Waals surface area contributed by atoms with Gasteiger partial charge in [-0.25, -0.2) is 4.79 Å². The minimum absolute atomic E-state index is 0.488. The van der Waals surface area contributed by atoms with Crippen LogP contribution in [0, 0.1) is 0 Å². The molecule has 0 unspecified atom stereocenters. The molecule has 1 aliphatic carbocycles. The molecule has 1 aromatic rings. The van der Waals surface area contributed by atoms with E-state index >= 15 is 0 Å². The second kappa shape index (κ2) is 4.91. The third-order valence-electron chi connectivity index (χ3n) is 3.35. The van der Waals surface area contributed by atoms with Gasteiger partial charge in [0.15, 0.2) is 0 Å². The molecule has 3 nitrogen and oxygen atoms in total. The van der Waals surface area contributed by atoms with E-state index in [0.717, 1.165) is 37.0 Å². The van der Waals surface area contributed by atoms with Crippen molar-refractivity contribution in [2.24, 2.45) is 4.99 Å². The van der Waals surface area contributed by atoms with Crippen molar-refractivity contribution in [2.45, 2.75) is 31.2 Å². The lowest BCUT2D eigenvalue weighted by Gasteiger charge is -2.25. The zero-order chi connectivity index (χ0) is 12.3. The van der Waals surface area contributed by atoms with Crippen LogP contribution in [0.1, 0.15) is 31.2 Å². The molecule has 1 saturated carbocycles. The number of isocyanates is 1. The lowest BCUT2D eigenvalue weighted by atomic mass is 9.88. The highest BCUT2D eigenvalue weighted by Crippen LogP contribution is 2.46. The Labute approximate surface area is 105 Å². The minimum atomic E-state index is -0.488. The molecule has 1 fully saturated rings. The molecule has 0 aromatic heterocycles. The molecule has 0 bridgehead atoms. The van der Waals surface area contributed by atoms with Crippen LogP contribution < -0.4 is 4.74 Å². The Hall–Kier alpha value is -1.31. The molecule has 2 rings (SSSR count). The summed E-state index contributed by atoms with van der Waals surface area (Å²) in [4.78, 5) is 14.7. The number of hydrogen-bond acceptors (Lipinski definition) is 3. The summed E-state index contributed by atoms with van der Waals surface area (Å²) in [6.45, 7) is 0. The van der Waals surface area contributed by atoms with Crippen molar-refractivity contribution < 1.29 is 9.53 Å². The second-order valence-electron chi connectivity index (χ2n) is 4.29. The first-order chi connectivity index (χ1) is 8.22. The molecule has 4 heteroatoms. The van der Waals surface area contributed by atoms with Crippen molar-refractivity contribution in [1.29, 1.82) is 0 Å². The number of carbonyl (C=O) groups excluding carboxylic acids is 1. The van der Waals surface area contributed by atoms with Crippen LogP contribution in [0.2, 0.25) is 5.02 Å². The predicted octanol–water partition coefficient (Wildman–Crippen LogP) is 3.45. The maximum Gasteiger partial charge on any atom is 0.235 e. The molecule has 0 radical (unpaired) electrons. The monoisotopic (exact) mass is 251 g/mol. The number of benzene rings is 1.